The Morgan fingerprint density at radius 2 is 1.41 bits per heavy atom. The molecule has 0 spiro atoms. The summed E-state index contributed by atoms with van der Waals surface area (Å²) in [6, 6.07) is 15.6. The van der Waals surface area contributed by atoms with Crippen molar-refractivity contribution >= 4 is 41.3 Å². The summed E-state index contributed by atoms with van der Waals surface area (Å²) < 4.78 is 16.9. The van der Waals surface area contributed by atoms with E-state index < -0.39 is 17.8 Å². The van der Waals surface area contributed by atoms with E-state index in [4.69, 9.17) is 14.2 Å². The minimum Gasteiger partial charge on any atom is -0.485 e. The van der Waals surface area contributed by atoms with Crippen molar-refractivity contribution in [2.24, 2.45) is 0 Å². The fraction of sp³-hybridized carbons (Fsp3) is 0.161. The molecular weight excluding hydrogens is 526 g/mol. The van der Waals surface area contributed by atoms with Crippen LogP contribution in [-0.4, -0.2) is 43.5 Å². The number of carbonyl (C=O) groups is 4. The normalized spacial score (nSPS) is 10.2. The standard InChI is InChI=1S/C31H31N3O7/c1-5-17-39-27-25(30(37)33-24-13-9-22(10-14-24)31(38)40-18-6-2)15-16-26(28(27)41-20(3)4)34-29(36)21-7-11-23(12-8-21)32-19-35/h5-16,19-20H,1-2,17-18H2,3-4H3,(H,32,35)(H,33,37)(H,34,36). The zero-order chi connectivity index (χ0) is 29.8. The molecule has 0 saturated carbocycles. The van der Waals surface area contributed by atoms with Crippen LogP contribution in [0.5, 0.6) is 11.5 Å². The number of esters is 1. The molecule has 3 amide bonds. The summed E-state index contributed by atoms with van der Waals surface area (Å²) in [5.74, 6) is -1.17. The summed E-state index contributed by atoms with van der Waals surface area (Å²) in [6.45, 7) is 10.9. The highest BCUT2D eigenvalue weighted by molar-refractivity contribution is 6.09. The van der Waals surface area contributed by atoms with Crippen LogP contribution in [0.15, 0.2) is 86.0 Å². The second-order valence-corrected chi connectivity index (χ2v) is 8.80. The molecule has 0 bridgehead atoms. The second-order valence-electron chi connectivity index (χ2n) is 8.80. The average Bonchev–Trinajstić information content (AvgIpc) is 2.96. The lowest BCUT2D eigenvalue weighted by Crippen LogP contribution is -2.18. The van der Waals surface area contributed by atoms with Crippen LogP contribution in [0.4, 0.5) is 17.1 Å². The van der Waals surface area contributed by atoms with Gasteiger partial charge in [-0.1, -0.05) is 25.3 Å². The minimum atomic E-state index is -0.510. The Hall–Kier alpha value is -5.38. The highest BCUT2D eigenvalue weighted by Crippen LogP contribution is 2.40. The second kappa shape index (κ2) is 14.7. The number of ether oxygens (including phenoxy) is 3. The lowest BCUT2D eigenvalue weighted by molar-refractivity contribution is -0.105. The fourth-order valence-corrected chi connectivity index (χ4v) is 3.56. The zero-order valence-corrected chi connectivity index (χ0v) is 22.8. The van der Waals surface area contributed by atoms with E-state index in [1.165, 1.54) is 30.4 Å². The Kier molecular flexibility index (Phi) is 10.8. The van der Waals surface area contributed by atoms with Gasteiger partial charge in [0.2, 0.25) is 6.41 Å². The number of nitrogens with one attached hydrogen (secondary N) is 3. The Bertz CT molecular complexity index is 1410. The maximum Gasteiger partial charge on any atom is 0.338 e. The van der Waals surface area contributed by atoms with Crippen LogP contribution in [0, 0.1) is 0 Å². The third-order valence-corrected chi connectivity index (χ3v) is 5.39. The Labute approximate surface area is 238 Å². The first-order valence-electron chi connectivity index (χ1n) is 12.7. The number of hydrogen-bond acceptors (Lipinski definition) is 7. The number of hydrogen-bond donors (Lipinski definition) is 3. The predicted octanol–water partition coefficient (Wildman–Crippen LogP) is 5.45. The van der Waals surface area contributed by atoms with Gasteiger partial charge in [0.25, 0.3) is 11.8 Å². The van der Waals surface area contributed by atoms with Gasteiger partial charge in [-0.2, -0.15) is 0 Å². The Morgan fingerprint density at radius 3 is 2.02 bits per heavy atom. The van der Waals surface area contributed by atoms with Gasteiger partial charge >= 0.3 is 5.97 Å². The molecule has 0 saturated heterocycles. The quantitative estimate of drug-likeness (QED) is 0.136. The highest BCUT2D eigenvalue weighted by atomic mass is 16.5. The molecule has 0 aromatic heterocycles. The number of rotatable bonds is 14. The van der Waals surface area contributed by atoms with Crippen LogP contribution in [0.2, 0.25) is 0 Å². The van der Waals surface area contributed by atoms with Gasteiger partial charge in [-0.15, -0.1) is 0 Å². The summed E-state index contributed by atoms with van der Waals surface area (Å²) >= 11 is 0. The fourth-order valence-electron chi connectivity index (χ4n) is 3.56. The van der Waals surface area contributed by atoms with E-state index in [-0.39, 0.29) is 42.1 Å². The number of benzene rings is 3. The number of anilines is 3. The SMILES string of the molecule is C=CCOC(=O)c1ccc(NC(=O)c2ccc(NC(=O)c3ccc(NC=O)cc3)c(OC(C)C)c2OCC=C)cc1. The van der Waals surface area contributed by atoms with Crippen LogP contribution >= 0.6 is 0 Å². The molecule has 0 aliphatic carbocycles. The molecule has 0 atom stereocenters. The van der Waals surface area contributed by atoms with E-state index in [9.17, 15) is 19.2 Å². The molecule has 0 radical (unpaired) electrons. The van der Waals surface area contributed by atoms with E-state index in [1.807, 2.05) is 0 Å². The number of carbonyl (C=O) groups excluding carboxylic acids is 4. The van der Waals surface area contributed by atoms with Gasteiger partial charge in [-0.05, 0) is 74.5 Å². The van der Waals surface area contributed by atoms with Gasteiger partial charge in [-0.3, -0.25) is 14.4 Å². The summed E-state index contributed by atoms with van der Waals surface area (Å²) in [7, 11) is 0. The largest absolute Gasteiger partial charge is 0.485 e. The van der Waals surface area contributed by atoms with Crippen molar-refractivity contribution in [3.05, 3.63) is 103 Å². The Balaban J connectivity index is 1.91. The van der Waals surface area contributed by atoms with Gasteiger partial charge in [0, 0.05) is 16.9 Å². The molecule has 3 aromatic rings. The lowest BCUT2D eigenvalue weighted by atomic mass is 10.1. The molecule has 0 aliphatic heterocycles. The van der Waals surface area contributed by atoms with Crippen molar-refractivity contribution in [3.8, 4) is 11.5 Å². The zero-order valence-electron chi connectivity index (χ0n) is 22.8. The van der Waals surface area contributed by atoms with Crippen molar-refractivity contribution in [2.75, 3.05) is 29.2 Å². The smallest absolute Gasteiger partial charge is 0.338 e. The molecule has 3 rings (SSSR count). The highest BCUT2D eigenvalue weighted by Gasteiger charge is 2.24. The molecule has 0 unspecified atom stereocenters. The van der Waals surface area contributed by atoms with E-state index >= 15 is 0 Å². The van der Waals surface area contributed by atoms with Crippen LogP contribution in [0.1, 0.15) is 44.9 Å². The van der Waals surface area contributed by atoms with Gasteiger partial charge in [0.05, 0.1) is 22.9 Å². The molecule has 0 aliphatic rings. The molecule has 3 aromatic carbocycles. The molecule has 41 heavy (non-hydrogen) atoms. The molecule has 10 nitrogen and oxygen atoms in total. The van der Waals surface area contributed by atoms with Crippen LogP contribution < -0.4 is 25.4 Å². The molecule has 0 heterocycles. The number of amides is 3. The lowest BCUT2D eigenvalue weighted by Gasteiger charge is -2.21. The average molecular weight is 558 g/mol. The molecule has 10 heteroatoms. The third kappa shape index (κ3) is 8.30. The van der Waals surface area contributed by atoms with Crippen molar-refractivity contribution in [1.29, 1.82) is 0 Å². The predicted molar refractivity (Wildman–Crippen MR) is 157 cm³/mol. The monoisotopic (exact) mass is 557 g/mol. The van der Waals surface area contributed by atoms with Gasteiger partial charge in [0.15, 0.2) is 11.5 Å². The Morgan fingerprint density at radius 1 is 0.780 bits per heavy atom. The van der Waals surface area contributed by atoms with Crippen LogP contribution in [0.25, 0.3) is 0 Å². The van der Waals surface area contributed by atoms with Crippen molar-refractivity contribution < 1.29 is 33.4 Å². The van der Waals surface area contributed by atoms with Gasteiger partial charge in [0.1, 0.15) is 13.2 Å². The summed E-state index contributed by atoms with van der Waals surface area (Å²) in [4.78, 5) is 49.0. The van der Waals surface area contributed by atoms with E-state index in [0.29, 0.717) is 28.9 Å². The third-order valence-electron chi connectivity index (χ3n) is 5.39. The van der Waals surface area contributed by atoms with Crippen molar-refractivity contribution in [2.45, 2.75) is 20.0 Å². The van der Waals surface area contributed by atoms with Crippen LogP contribution in [0.3, 0.4) is 0 Å². The van der Waals surface area contributed by atoms with Gasteiger partial charge in [-0.25, -0.2) is 4.79 Å². The summed E-state index contributed by atoms with van der Waals surface area (Å²) in [5, 5.41) is 8.10. The first kappa shape index (κ1) is 30.2. The van der Waals surface area contributed by atoms with E-state index in [1.54, 1.807) is 56.3 Å². The van der Waals surface area contributed by atoms with E-state index in [0.717, 1.165) is 0 Å². The molecule has 3 N–H and O–H groups in total. The van der Waals surface area contributed by atoms with Crippen LogP contribution in [-0.2, 0) is 9.53 Å². The maximum atomic E-state index is 13.3. The van der Waals surface area contributed by atoms with Crippen molar-refractivity contribution in [3.63, 3.8) is 0 Å². The topological polar surface area (TPSA) is 132 Å². The molecular formula is C31H31N3O7. The first-order valence-corrected chi connectivity index (χ1v) is 12.7. The molecule has 212 valence electrons. The van der Waals surface area contributed by atoms with Gasteiger partial charge < -0.3 is 30.2 Å². The summed E-state index contributed by atoms with van der Waals surface area (Å²) in [5.41, 5.74) is 2.07. The maximum absolute atomic E-state index is 13.3. The molecule has 0 fully saturated rings. The first-order chi connectivity index (χ1) is 19.8. The van der Waals surface area contributed by atoms with Crippen molar-refractivity contribution in [1.82, 2.24) is 0 Å². The minimum absolute atomic E-state index is 0.0683. The summed E-state index contributed by atoms with van der Waals surface area (Å²) in [6.07, 6.45) is 3.21. The van der Waals surface area contributed by atoms with E-state index in [2.05, 4.69) is 29.1 Å².